The molecule has 18 heavy (non-hydrogen) atoms. The molecule has 0 saturated heterocycles. The van der Waals surface area contributed by atoms with Crippen molar-refractivity contribution in [2.75, 3.05) is 0 Å². The van der Waals surface area contributed by atoms with Gasteiger partial charge in [-0.25, -0.2) is 4.79 Å². The maximum atomic E-state index is 12.2. The van der Waals surface area contributed by atoms with Gasteiger partial charge < -0.3 is 9.52 Å². The molecule has 1 N–H and O–H groups in total. The van der Waals surface area contributed by atoms with Gasteiger partial charge >= 0.3 is 5.97 Å². The Morgan fingerprint density at radius 3 is 2.44 bits per heavy atom. The normalized spacial score (nSPS) is 14.1. The lowest BCUT2D eigenvalue weighted by molar-refractivity contribution is 0.0656. The van der Waals surface area contributed by atoms with Gasteiger partial charge in [0.2, 0.25) is 5.76 Å². The molecule has 4 nitrogen and oxygen atoms in total. The fourth-order valence-electron chi connectivity index (χ4n) is 1.57. The minimum absolute atomic E-state index is 0.184. The van der Waals surface area contributed by atoms with Gasteiger partial charge in [-0.2, -0.15) is 0 Å². The van der Waals surface area contributed by atoms with E-state index in [1.807, 2.05) is 37.3 Å². The molecule has 1 aromatic heterocycles. The minimum atomic E-state index is -1.40. The van der Waals surface area contributed by atoms with Crippen LogP contribution < -0.4 is 0 Å². The van der Waals surface area contributed by atoms with Gasteiger partial charge in [0.05, 0.1) is 16.0 Å². The number of hydrogen-bond acceptors (Lipinski definition) is 3. The molecular weight excluding hydrogens is 252 g/mol. The summed E-state index contributed by atoms with van der Waals surface area (Å²) in [5, 5.41) is 8.68. The number of carboxylic acid groups (broad SMARTS) is 1. The Hall–Kier alpha value is -1.88. The van der Waals surface area contributed by atoms with Gasteiger partial charge in [-0.3, -0.25) is 4.21 Å². The predicted molar refractivity (Wildman–Crippen MR) is 66.9 cm³/mol. The van der Waals surface area contributed by atoms with Gasteiger partial charge in [0.1, 0.15) is 0 Å². The second kappa shape index (κ2) is 5.18. The molecule has 0 spiro atoms. The highest BCUT2D eigenvalue weighted by atomic mass is 32.2. The van der Waals surface area contributed by atoms with E-state index in [4.69, 9.17) is 9.52 Å². The van der Waals surface area contributed by atoms with E-state index in [0.29, 0.717) is 0 Å². The Bertz CT molecular complexity index is 574. The molecule has 5 heteroatoms. The quantitative estimate of drug-likeness (QED) is 0.922. The molecule has 0 amide bonds. The van der Waals surface area contributed by atoms with Crippen LogP contribution in [0.2, 0.25) is 0 Å². The second-order valence-corrected chi connectivity index (χ2v) is 5.48. The van der Waals surface area contributed by atoms with Crippen LogP contribution in [-0.2, 0) is 10.8 Å². The van der Waals surface area contributed by atoms with Crippen LogP contribution in [0.25, 0.3) is 0 Å². The van der Waals surface area contributed by atoms with Crippen molar-refractivity contribution >= 4 is 16.8 Å². The van der Waals surface area contributed by atoms with Crippen LogP contribution in [0.3, 0.4) is 0 Å². The lowest BCUT2D eigenvalue weighted by Crippen LogP contribution is -2.02. The zero-order chi connectivity index (χ0) is 13.1. The van der Waals surface area contributed by atoms with Crippen molar-refractivity contribution in [2.24, 2.45) is 0 Å². The molecule has 2 rings (SSSR count). The molecule has 0 aliphatic carbocycles. The van der Waals surface area contributed by atoms with Crippen LogP contribution in [0.1, 0.15) is 28.3 Å². The summed E-state index contributed by atoms with van der Waals surface area (Å²) in [5.41, 5.74) is 0.920. The molecule has 1 heterocycles. The lowest BCUT2D eigenvalue weighted by atomic mass is 10.2. The highest BCUT2D eigenvalue weighted by Gasteiger charge is 2.20. The Balaban J connectivity index is 2.23. The summed E-state index contributed by atoms with van der Waals surface area (Å²) in [5.74, 6) is -1.36. The fraction of sp³-hybridized carbons (Fsp3) is 0.154. The van der Waals surface area contributed by atoms with Crippen molar-refractivity contribution in [3.8, 4) is 0 Å². The SMILES string of the molecule is CC(c1ccccc1)S(=O)c1ccc(C(=O)O)o1. The highest BCUT2D eigenvalue weighted by Crippen LogP contribution is 2.25. The molecule has 0 radical (unpaired) electrons. The number of carbonyl (C=O) groups is 1. The Morgan fingerprint density at radius 1 is 1.22 bits per heavy atom. The van der Waals surface area contributed by atoms with Crippen molar-refractivity contribution in [3.63, 3.8) is 0 Å². The average Bonchev–Trinajstić information content (AvgIpc) is 2.88. The smallest absolute Gasteiger partial charge is 0.371 e. The number of furan rings is 1. The third-order valence-electron chi connectivity index (χ3n) is 2.58. The average molecular weight is 264 g/mol. The van der Waals surface area contributed by atoms with Crippen molar-refractivity contribution < 1.29 is 18.5 Å². The van der Waals surface area contributed by atoms with Crippen LogP contribution in [-0.4, -0.2) is 15.3 Å². The Morgan fingerprint density at radius 2 is 1.89 bits per heavy atom. The zero-order valence-electron chi connectivity index (χ0n) is 9.70. The predicted octanol–water partition coefficient (Wildman–Crippen LogP) is 2.85. The summed E-state index contributed by atoms with van der Waals surface area (Å²) in [7, 11) is -1.40. The molecule has 2 unspecified atom stereocenters. The first-order valence-corrected chi connectivity index (χ1v) is 6.59. The van der Waals surface area contributed by atoms with Crippen molar-refractivity contribution in [3.05, 3.63) is 53.8 Å². The van der Waals surface area contributed by atoms with E-state index in [2.05, 4.69) is 0 Å². The van der Waals surface area contributed by atoms with E-state index in [0.717, 1.165) is 5.56 Å². The topological polar surface area (TPSA) is 67.5 Å². The van der Waals surface area contributed by atoms with Crippen LogP contribution in [0, 0.1) is 0 Å². The number of carboxylic acids is 1. The summed E-state index contributed by atoms with van der Waals surface area (Å²) in [6, 6.07) is 12.1. The molecule has 0 saturated carbocycles. The molecular formula is C13H12O4S. The van der Waals surface area contributed by atoms with Crippen molar-refractivity contribution in [1.82, 2.24) is 0 Å². The summed E-state index contributed by atoms with van der Waals surface area (Å²) in [6.45, 7) is 1.81. The van der Waals surface area contributed by atoms with E-state index in [1.165, 1.54) is 12.1 Å². The molecule has 0 aliphatic rings. The number of rotatable bonds is 4. The lowest BCUT2D eigenvalue weighted by Gasteiger charge is -2.09. The number of aromatic carboxylic acids is 1. The van der Waals surface area contributed by atoms with Gasteiger partial charge in [-0.1, -0.05) is 30.3 Å². The first kappa shape index (κ1) is 12.6. The van der Waals surface area contributed by atoms with Crippen LogP contribution in [0.4, 0.5) is 0 Å². The highest BCUT2D eigenvalue weighted by molar-refractivity contribution is 7.85. The number of hydrogen-bond donors (Lipinski definition) is 1. The number of benzene rings is 1. The molecule has 2 aromatic rings. The molecule has 0 aliphatic heterocycles. The van der Waals surface area contributed by atoms with Gasteiger partial charge in [-0.15, -0.1) is 0 Å². The molecule has 94 valence electrons. The van der Waals surface area contributed by atoms with Gasteiger partial charge in [0.15, 0.2) is 5.09 Å². The summed E-state index contributed by atoms with van der Waals surface area (Å²) in [4.78, 5) is 10.7. The third-order valence-corrected chi connectivity index (χ3v) is 4.11. The van der Waals surface area contributed by atoms with Crippen LogP contribution in [0.15, 0.2) is 52.0 Å². The van der Waals surface area contributed by atoms with Crippen molar-refractivity contribution in [2.45, 2.75) is 17.3 Å². The molecule has 0 fully saturated rings. The van der Waals surface area contributed by atoms with Crippen molar-refractivity contribution in [1.29, 1.82) is 0 Å². The van der Waals surface area contributed by atoms with E-state index in [9.17, 15) is 9.00 Å². The monoisotopic (exact) mass is 264 g/mol. The van der Waals surface area contributed by atoms with E-state index in [-0.39, 0.29) is 16.1 Å². The van der Waals surface area contributed by atoms with Crippen LogP contribution >= 0.6 is 0 Å². The van der Waals surface area contributed by atoms with Gasteiger partial charge in [-0.05, 0) is 24.6 Å². The molecule has 1 aromatic carbocycles. The fourth-order valence-corrected chi connectivity index (χ4v) is 2.69. The third kappa shape index (κ3) is 2.51. The molecule has 0 bridgehead atoms. The maximum absolute atomic E-state index is 12.2. The summed E-state index contributed by atoms with van der Waals surface area (Å²) < 4.78 is 17.3. The van der Waals surface area contributed by atoms with E-state index < -0.39 is 16.8 Å². The first-order valence-electron chi connectivity index (χ1n) is 5.38. The second-order valence-electron chi connectivity index (χ2n) is 3.77. The summed E-state index contributed by atoms with van der Waals surface area (Å²) >= 11 is 0. The van der Waals surface area contributed by atoms with E-state index >= 15 is 0 Å². The van der Waals surface area contributed by atoms with Gasteiger partial charge in [0.25, 0.3) is 0 Å². The van der Waals surface area contributed by atoms with E-state index in [1.54, 1.807) is 0 Å². The first-order chi connectivity index (χ1) is 8.59. The van der Waals surface area contributed by atoms with Gasteiger partial charge in [0, 0.05) is 0 Å². The largest absolute Gasteiger partial charge is 0.475 e. The standard InChI is InChI=1S/C13H12O4S/c1-9(10-5-3-2-4-6-10)18(16)12-8-7-11(17-12)13(14)15/h2-9H,1H3,(H,14,15). The summed E-state index contributed by atoms with van der Waals surface area (Å²) in [6.07, 6.45) is 0. The van der Waals surface area contributed by atoms with Crippen LogP contribution in [0.5, 0.6) is 0 Å². The molecule has 2 atom stereocenters. The Kier molecular flexibility index (Phi) is 3.62. The minimum Gasteiger partial charge on any atom is -0.475 e. The maximum Gasteiger partial charge on any atom is 0.371 e. The Labute approximate surface area is 107 Å². The zero-order valence-corrected chi connectivity index (χ0v) is 10.5.